The van der Waals surface area contributed by atoms with Crippen LogP contribution in [0.25, 0.3) is 54.5 Å². The van der Waals surface area contributed by atoms with Gasteiger partial charge in [0.25, 0.3) is 0 Å². The standard InChI is InChI=1S/C30H25N/c1-30(2,3)31-28-15-9-8-14-25(28)27-19-21(16-17-29(27)31)26-18-20-10-4-5-11-22(20)23-12-6-7-13-24(23)26/h4-19H,1-3H3. The first kappa shape index (κ1) is 18.2. The zero-order valence-corrected chi connectivity index (χ0v) is 18.2. The Morgan fingerprint density at radius 3 is 1.90 bits per heavy atom. The summed E-state index contributed by atoms with van der Waals surface area (Å²) in [4.78, 5) is 0. The van der Waals surface area contributed by atoms with Crippen LogP contribution in [0.4, 0.5) is 0 Å². The van der Waals surface area contributed by atoms with Crippen LogP contribution in [0.1, 0.15) is 20.8 Å². The molecule has 0 fully saturated rings. The SMILES string of the molecule is CC(C)(C)n1c2ccccc2c2cc(-c3cc4ccccc4c4ccccc34)ccc21. The summed E-state index contributed by atoms with van der Waals surface area (Å²) in [5.41, 5.74) is 5.17. The van der Waals surface area contributed by atoms with E-state index in [0.717, 1.165) is 0 Å². The summed E-state index contributed by atoms with van der Waals surface area (Å²) in [6, 6.07) is 35.6. The third kappa shape index (κ3) is 2.70. The molecule has 0 bridgehead atoms. The van der Waals surface area contributed by atoms with Gasteiger partial charge in [-0.3, -0.25) is 0 Å². The van der Waals surface area contributed by atoms with Crippen molar-refractivity contribution in [3.63, 3.8) is 0 Å². The Morgan fingerprint density at radius 2 is 1.13 bits per heavy atom. The third-order valence-corrected chi connectivity index (χ3v) is 6.42. The van der Waals surface area contributed by atoms with Crippen LogP contribution in [0.15, 0.2) is 97.1 Å². The molecular formula is C30H25N. The first-order valence-corrected chi connectivity index (χ1v) is 11.0. The van der Waals surface area contributed by atoms with Crippen molar-refractivity contribution in [1.82, 2.24) is 4.57 Å². The Hall–Kier alpha value is -3.58. The highest BCUT2D eigenvalue weighted by Gasteiger charge is 2.20. The molecule has 0 radical (unpaired) electrons. The van der Waals surface area contributed by atoms with Crippen molar-refractivity contribution in [2.24, 2.45) is 0 Å². The van der Waals surface area contributed by atoms with Crippen molar-refractivity contribution in [2.45, 2.75) is 26.3 Å². The number of hydrogen-bond acceptors (Lipinski definition) is 0. The number of benzene rings is 5. The van der Waals surface area contributed by atoms with Crippen molar-refractivity contribution in [3.8, 4) is 11.1 Å². The van der Waals surface area contributed by atoms with E-state index in [4.69, 9.17) is 0 Å². The molecule has 1 aromatic heterocycles. The molecule has 0 aliphatic rings. The van der Waals surface area contributed by atoms with Crippen LogP contribution >= 0.6 is 0 Å². The molecule has 0 atom stereocenters. The van der Waals surface area contributed by atoms with E-state index >= 15 is 0 Å². The van der Waals surface area contributed by atoms with Crippen molar-refractivity contribution in [2.75, 3.05) is 0 Å². The first-order valence-electron chi connectivity index (χ1n) is 11.0. The van der Waals surface area contributed by atoms with Crippen molar-refractivity contribution in [3.05, 3.63) is 97.1 Å². The van der Waals surface area contributed by atoms with Gasteiger partial charge in [-0.25, -0.2) is 0 Å². The van der Waals surface area contributed by atoms with E-state index in [1.165, 1.54) is 54.5 Å². The number of nitrogens with zero attached hydrogens (tertiary/aromatic N) is 1. The Labute approximate surface area is 182 Å². The van der Waals surface area contributed by atoms with Gasteiger partial charge in [-0.2, -0.15) is 0 Å². The second-order valence-corrected chi connectivity index (χ2v) is 9.45. The summed E-state index contributed by atoms with van der Waals surface area (Å²) < 4.78 is 2.47. The van der Waals surface area contributed by atoms with Crippen LogP contribution in [-0.2, 0) is 5.54 Å². The molecule has 0 unspecified atom stereocenters. The molecule has 31 heavy (non-hydrogen) atoms. The van der Waals surface area contributed by atoms with Crippen LogP contribution < -0.4 is 0 Å². The van der Waals surface area contributed by atoms with E-state index in [1.54, 1.807) is 0 Å². The minimum absolute atomic E-state index is 0.0124. The van der Waals surface area contributed by atoms with E-state index < -0.39 is 0 Å². The van der Waals surface area contributed by atoms with Crippen LogP contribution in [0.2, 0.25) is 0 Å². The molecule has 0 aliphatic heterocycles. The molecule has 1 heteroatoms. The normalized spacial score (nSPS) is 12.4. The van der Waals surface area contributed by atoms with E-state index in [1.807, 2.05) is 0 Å². The molecule has 6 aromatic rings. The molecule has 0 amide bonds. The maximum Gasteiger partial charge on any atom is 0.0496 e. The number of aromatic nitrogens is 1. The summed E-state index contributed by atoms with van der Waals surface area (Å²) in [6.07, 6.45) is 0. The van der Waals surface area contributed by atoms with Crippen LogP contribution in [0.5, 0.6) is 0 Å². The van der Waals surface area contributed by atoms with E-state index in [9.17, 15) is 0 Å². The molecule has 1 heterocycles. The van der Waals surface area contributed by atoms with E-state index in [0.29, 0.717) is 0 Å². The van der Waals surface area contributed by atoms with E-state index in [-0.39, 0.29) is 5.54 Å². The fourth-order valence-corrected chi connectivity index (χ4v) is 5.16. The predicted molar refractivity (Wildman–Crippen MR) is 135 cm³/mol. The fourth-order valence-electron chi connectivity index (χ4n) is 5.16. The smallest absolute Gasteiger partial charge is 0.0496 e. The summed E-state index contributed by atoms with van der Waals surface area (Å²) in [6.45, 7) is 6.84. The fraction of sp³-hybridized carbons (Fsp3) is 0.133. The van der Waals surface area contributed by atoms with Gasteiger partial charge in [0, 0.05) is 27.3 Å². The predicted octanol–water partition coefficient (Wildman–Crippen LogP) is 8.52. The number of fused-ring (bicyclic) bond motifs is 6. The Balaban J connectivity index is 1.72. The minimum atomic E-state index is 0.0124. The molecule has 0 spiro atoms. The Bertz CT molecular complexity index is 1610. The molecule has 0 N–H and O–H groups in total. The lowest BCUT2D eigenvalue weighted by Gasteiger charge is -2.24. The number of hydrogen-bond donors (Lipinski definition) is 0. The highest BCUT2D eigenvalue weighted by Crippen LogP contribution is 2.39. The Morgan fingerprint density at radius 1 is 0.516 bits per heavy atom. The molecular weight excluding hydrogens is 374 g/mol. The summed E-state index contributed by atoms with van der Waals surface area (Å²) in [5, 5.41) is 7.85. The lowest BCUT2D eigenvalue weighted by atomic mass is 9.92. The second kappa shape index (κ2) is 6.46. The number of para-hydroxylation sites is 1. The van der Waals surface area contributed by atoms with Crippen molar-refractivity contribution in [1.29, 1.82) is 0 Å². The Kier molecular flexibility index (Phi) is 3.79. The monoisotopic (exact) mass is 399 g/mol. The first-order chi connectivity index (χ1) is 15.0. The molecule has 0 saturated heterocycles. The van der Waals surface area contributed by atoms with Crippen molar-refractivity contribution < 1.29 is 0 Å². The molecule has 0 aliphatic carbocycles. The van der Waals surface area contributed by atoms with Gasteiger partial charge in [-0.15, -0.1) is 0 Å². The maximum atomic E-state index is 2.47. The molecule has 6 rings (SSSR count). The lowest BCUT2D eigenvalue weighted by Crippen LogP contribution is -2.21. The van der Waals surface area contributed by atoms with Gasteiger partial charge >= 0.3 is 0 Å². The molecule has 5 aromatic carbocycles. The molecule has 1 nitrogen and oxygen atoms in total. The van der Waals surface area contributed by atoms with Gasteiger partial charge in [-0.05, 0) is 77.7 Å². The topological polar surface area (TPSA) is 4.93 Å². The zero-order chi connectivity index (χ0) is 21.2. The minimum Gasteiger partial charge on any atom is -0.335 e. The zero-order valence-electron chi connectivity index (χ0n) is 18.2. The van der Waals surface area contributed by atoms with Gasteiger partial charge < -0.3 is 4.57 Å². The third-order valence-electron chi connectivity index (χ3n) is 6.42. The highest BCUT2D eigenvalue weighted by molar-refractivity contribution is 6.15. The average molecular weight is 400 g/mol. The largest absolute Gasteiger partial charge is 0.335 e. The quantitative estimate of drug-likeness (QED) is 0.244. The van der Waals surface area contributed by atoms with Crippen LogP contribution in [0, 0.1) is 0 Å². The van der Waals surface area contributed by atoms with Gasteiger partial charge in [0.05, 0.1) is 0 Å². The second-order valence-electron chi connectivity index (χ2n) is 9.45. The maximum absolute atomic E-state index is 2.47. The van der Waals surface area contributed by atoms with Gasteiger partial charge in [0.1, 0.15) is 0 Å². The van der Waals surface area contributed by atoms with E-state index in [2.05, 4.69) is 122 Å². The summed E-state index contributed by atoms with van der Waals surface area (Å²) >= 11 is 0. The summed E-state index contributed by atoms with van der Waals surface area (Å²) in [7, 11) is 0. The van der Waals surface area contributed by atoms with Gasteiger partial charge in [-0.1, -0.05) is 72.8 Å². The van der Waals surface area contributed by atoms with Gasteiger partial charge in [0.15, 0.2) is 0 Å². The molecule has 150 valence electrons. The molecule has 0 saturated carbocycles. The number of rotatable bonds is 1. The van der Waals surface area contributed by atoms with Crippen molar-refractivity contribution >= 4 is 43.4 Å². The summed E-state index contributed by atoms with van der Waals surface area (Å²) in [5.74, 6) is 0. The average Bonchev–Trinajstić information content (AvgIpc) is 3.13. The van der Waals surface area contributed by atoms with Crippen LogP contribution in [-0.4, -0.2) is 4.57 Å². The van der Waals surface area contributed by atoms with Crippen LogP contribution in [0.3, 0.4) is 0 Å². The highest BCUT2D eigenvalue weighted by atomic mass is 15.0. The van der Waals surface area contributed by atoms with Gasteiger partial charge in [0.2, 0.25) is 0 Å². The lowest BCUT2D eigenvalue weighted by molar-refractivity contribution is 0.423.